The van der Waals surface area contributed by atoms with Gasteiger partial charge in [-0.3, -0.25) is 9.00 Å². The third-order valence-electron chi connectivity index (χ3n) is 3.87. The zero-order valence-electron chi connectivity index (χ0n) is 13.4. The Kier molecular flexibility index (Phi) is 5.02. The van der Waals surface area contributed by atoms with Crippen molar-refractivity contribution in [3.63, 3.8) is 0 Å². The van der Waals surface area contributed by atoms with Crippen LogP contribution in [0.1, 0.15) is 27.0 Å². The minimum atomic E-state index is -1.18. The van der Waals surface area contributed by atoms with Crippen molar-refractivity contribution in [3.8, 4) is 0 Å². The summed E-state index contributed by atoms with van der Waals surface area (Å²) in [5.41, 5.74) is 3.20. The maximum absolute atomic E-state index is 12.7. The van der Waals surface area contributed by atoms with Crippen molar-refractivity contribution in [3.05, 3.63) is 101 Å². The second-order valence-electron chi connectivity index (χ2n) is 5.66. The van der Waals surface area contributed by atoms with Crippen LogP contribution in [0.3, 0.4) is 0 Å². The van der Waals surface area contributed by atoms with E-state index >= 15 is 0 Å². The van der Waals surface area contributed by atoms with Crippen molar-refractivity contribution in [2.45, 2.75) is 17.6 Å². The number of hydrogen-bond donors (Lipinski definition) is 0. The van der Waals surface area contributed by atoms with E-state index in [4.69, 9.17) is 0 Å². The Hall–Kier alpha value is -2.52. The van der Waals surface area contributed by atoms with E-state index in [0.717, 1.165) is 16.0 Å². The molecule has 0 aromatic heterocycles. The van der Waals surface area contributed by atoms with Crippen molar-refractivity contribution in [2.75, 3.05) is 0 Å². The molecule has 0 radical (unpaired) electrons. The highest BCUT2D eigenvalue weighted by atomic mass is 32.2. The Morgan fingerprint density at radius 1 is 0.833 bits per heavy atom. The largest absolute Gasteiger partial charge is 0.289 e. The molecule has 0 spiro atoms. The molecule has 0 saturated carbocycles. The predicted octanol–water partition coefficient (Wildman–Crippen LogP) is 4.53. The molecule has 0 aliphatic carbocycles. The highest BCUT2D eigenvalue weighted by molar-refractivity contribution is 7.84. The second kappa shape index (κ2) is 7.37. The summed E-state index contributed by atoms with van der Waals surface area (Å²) < 4.78 is 12.6. The molecule has 0 N–H and O–H groups in total. The van der Waals surface area contributed by atoms with Gasteiger partial charge in [-0.2, -0.15) is 0 Å². The van der Waals surface area contributed by atoms with E-state index in [9.17, 15) is 9.00 Å². The summed E-state index contributed by atoms with van der Waals surface area (Å²) in [6.45, 7) is 2.00. The van der Waals surface area contributed by atoms with Gasteiger partial charge < -0.3 is 0 Å². The molecule has 1 atom stereocenters. The van der Waals surface area contributed by atoms with Crippen LogP contribution < -0.4 is 0 Å². The van der Waals surface area contributed by atoms with Gasteiger partial charge in [0.05, 0.1) is 16.6 Å². The molecule has 0 saturated heterocycles. The normalized spacial score (nSPS) is 11.9. The van der Waals surface area contributed by atoms with E-state index in [1.807, 2.05) is 67.6 Å². The summed E-state index contributed by atoms with van der Waals surface area (Å²) in [6, 6.07) is 24.3. The topological polar surface area (TPSA) is 34.1 Å². The minimum Gasteiger partial charge on any atom is -0.289 e. The van der Waals surface area contributed by atoms with Gasteiger partial charge in [0.2, 0.25) is 0 Å². The minimum absolute atomic E-state index is 0.0351. The molecule has 120 valence electrons. The molecule has 0 fully saturated rings. The molecule has 0 heterocycles. The fourth-order valence-corrected chi connectivity index (χ4v) is 3.67. The Morgan fingerprint density at radius 2 is 1.46 bits per heavy atom. The molecule has 1 unspecified atom stereocenters. The van der Waals surface area contributed by atoms with Gasteiger partial charge >= 0.3 is 0 Å². The molecule has 0 aliphatic heterocycles. The van der Waals surface area contributed by atoms with E-state index in [0.29, 0.717) is 16.9 Å². The highest BCUT2D eigenvalue weighted by Gasteiger charge is 2.15. The van der Waals surface area contributed by atoms with Gasteiger partial charge in [-0.15, -0.1) is 0 Å². The summed E-state index contributed by atoms with van der Waals surface area (Å²) >= 11 is 0. The van der Waals surface area contributed by atoms with Gasteiger partial charge in [-0.1, -0.05) is 72.3 Å². The van der Waals surface area contributed by atoms with Crippen LogP contribution in [0.5, 0.6) is 0 Å². The fraction of sp³-hybridized carbons (Fsp3) is 0.0952. The number of ketones is 1. The van der Waals surface area contributed by atoms with Crippen LogP contribution in [0.25, 0.3) is 0 Å². The van der Waals surface area contributed by atoms with Crippen LogP contribution in [-0.2, 0) is 16.6 Å². The number of aryl methyl sites for hydroxylation is 1. The first-order valence-electron chi connectivity index (χ1n) is 7.78. The van der Waals surface area contributed by atoms with Crippen molar-refractivity contribution in [2.24, 2.45) is 0 Å². The monoisotopic (exact) mass is 334 g/mol. The lowest BCUT2D eigenvalue weighted by molar-refractivity contribution is 0.103. The number of carbonyl (C=O) groups excluding carboxylic acids is 1. The van der Waals surface area contributed by atoms with Crippen molar-refractivity contribution in [1.29, 1.82) is 0 Å². The van der Waals surface area contributed by atoms with E-state index < -0.39 is 10.8 Å². The predicted molar refractivity (Wildman–Crippen MR) is 97.6 cm³/mol. The Labute approximate surface area is 144 Å². The molecule has 3 aromatic carbocycles. The maximum atomic E-state index is 12.7. The molecule has 24 heavy (non-hydrogen) atoms. The van der Waals surface area contributed by atoms with Crippen LogP contribution in [0.2, 0.25) is 0 Å². The number of rotatable bonds is 5. The molecule has 3 heteroatoms. The van der Waals surface area contributed by atoms with E-state index in [2.05, 4.69) is 0 Å². The molecule has 3 rings (SSSR count). The summed E-state index contributed by atoms with van der Waals surface area (Å²) in [6.07, 6.45) is 0. The van der Waals surface area contributed by atoms with E-state index in [1.165, 1.54) is 0 Å². The van der Waals surface area contributed by atoms with E-state index in [-0.39, 0.29) is 5.78 Å². The molecule has 0 bridgehead atoms. The smallest absolute Gasteiger partial charge is 0.193 e. The molecule has 3 aromatic rings. The summed E-state index contributed by atoms with van der Waals surface area (Å²) in [5.74, 6) is 0.296. The lowest BCUT2D eigenvalue weighted by atomic mass is 9.99. The first kappa shape index (κ1) is 16.3. The maximum Gasteiger partial charge on any atom is 0.193 e. The third-order valence-corrected chi connectivity index (χ3v) is 5.24. The summed E-state index contributed by atoms with van der Waals surface area (Å²) in [7, 11) is -1.18. The Balaban J connectivity index is 1.88. The van der Waals surface area contributed by atoms with E-state index in [1.54, 1.807) is 18.2 Å². The van der Waals surface area contributed by atoms with Crippen molar-refractivity contribution >= 4 is 16.6 Å². The summed E-state index contributed by atoms with van der Waals surface area (Å²) in [4.78, 5) is 13.5. The van der Waals surface area contributed by atoms with Gasteiger partial charge in [-0.05, 0) is 24.6 Å². The van der Waals surface area contributed by atoms with Crippen LogP contribution in [-0.4, -0.2) is 9.99 Å². The van der Waals surface area contributed by atoms with Crippen molar-refractivity contribution < 1.29 is 9.00 Å². The zero-order valence-corrected chi connectivity index (χ0v) is 14.3. The molecule has 2 nitrogen and oxygen atoms in total. The number of benzene rings is 3. The average molecular weight is 334 g/mol. The SMILES string of the molecule is Cc1ccc(S(=O)Cc2ccccc2C(=O)c2ccccc2)cc1. The van der Waals surface area contributed by atoms with Gasteiger partial charge in [0, 0.05) is 16.0 Å². The zero-order chi connectivity index (χ0) is 16.9. The lowest BCUT2D eigenvalue weighted by Gasteiger charge is -2.09. The number of carbonyl (C=O) groups is 1. The average Bonchev–Trinajstić information content (AvgIpc) is 2.63. The highest BCUT2D eigenvalue weighted by Crippen LogP contribution is 2.19. The molecular weight excluding hydrogens is 316 g/mol. The summed E-state index contributed by atoms with van der Waals surface area (Å²) in [5, 5.41) is 0. The van der Waals surface area contributed by atoms with Crippen LogP contribution in [0.15, 0.2) is 83.8 Å². The Bertz CT molecular complexity index is 868. The third kappa shape index (κ3) is 3.69. The quantitative estimate of drug-likeness (QED) is 0.642. The van der Waals surface area contributed by atoms with Gasteiger partial charge in [0.15, 0.2) is 5.78 Å². The molecular formula is C21H18O2S. The molecule has 0 amide bonds. The second-order valence-corrected chi connectivity index (χ2v) is 7.11. The fourth-order valence-electron chi connectivity index (χ4n) is 2.53. The van der Waals surface area contributed by atoms with Crippen LogP contribution in [0, 0.1) is 6.92 Å². The Morgan fingerprint density at radius 3 is 2.17 bits per heavy atom. The van der Waals surface area contributed by atoms with Crippen molar-refractivity contribution in [1.82, 2.24) is 0 Å². The number of hydrogen-bond acceptors (Lipinski definition) is 2. The standard InChI is InChI=1S/C21H18O2S/c1-16-11-13-19(14-12-16)24(23)15-18-9-5-6-10-20(18)21(22)17-7-3-2-4-8-17/h2-14H,15H2,1H3. The molecule has 0 aliphatic rings. The van der Waals surface area contributed by atoms with Gasteiger partial charge in [-0.25, -0.2) is 0 Å². The first-order valence-corrected chi connectivity index (χ1v) is 9.10. The van der Waals surface area contributed by atoms with Crippen LogP contribution in [0.4, 0.5) is 0 Å². The van der Waals surface area contributed by atoms with Gasteiger partial charge in [0.1, 0.15) is 0 Å². The first-order chi connectivity index (χ1) is 11.6. The van der Waals surface area contributed by atoms with Gasteiger partial charge in [0.25, 0.3) is 0 Å². The van der Waals surface area contributed by atoms with Crippen LogP contribution >= 0.6 is 0 Å². The lowest BCUT2D eigenvalue weighted by Crippen LogP contribution is -2.07.